The van der Waals surface area contributed by atoms with Crippen LogP contribution in [0, 0.1) is 0 Å². The number of fused-ring (bicyclic) bond motifs is 1. The summed E-state index contributed by atoms with van der Waals surface area (Å²) in [7, 11) is -3.07. The number of nitrogens with zero attached hydrogens (tertiary/aromatic N) is 4. The Morgan fingerprint density at radius 2 is 1.63 bits per heavy atom. The van der Waals surface area contributed by atoms with Crippen molar-refractivity contribution < 1.29 is 13.2 Å². The number of rotatable bonds is 7. The lowest BCUT2D eigenvalue weighted by Gasteiger charge is -2.26. The number of amides is 1. The van der Waals surface area contributed by atoms with E-state index in [1.165, 1.54) is 0 Å². The third kappa shape index (κ3) is 5.39. The minimum atomic E-state index is -3.07. The first-order valence-corrected chi connectivity index (χ1v) is 14.9. The zero-order valence-electron chi connectivity index (χ0n) is 21.1. The standard InChI is InChI=1S/C28H29ClN4O4S/c1-2-3-4-13-32-25(18-26(34)33-19-24(30-28(32)33)20-9-11-23(29)12-10-20)21-5-7-22(8-6-21)27(35)31-14-16-38(36,37)17-15-31/h5-12,18-19H,2-4,13-17H2,1H3. The molecule has 0 bridgehead atoms. The van der Waals surface area contributed by atoms with Crippen LogP contribution in [0.25, 0.3) is 28.3 Å². The van der Waals surface area contributed by atoms with E-state index < -0.39 is 9.84 Å². The van der Waals surface area contributed by atoms with E-state index in [4.69, 9.17) is 16.6 Å². The smallest absolute Gasteiger partial charge is 0.259 e. The second kappa shape index (κ2) is 10.7. The molecule has 8 nitrogen and oxygen atoms in total. The second-order valence-electron chi connectivity index (χ2n) is 9.55. The van der Waals surface area contributed by atoms with Gasteiger partial charge in [0.25, 0.3) is 11.5 Å². The predicted molar refractivity (Wildman–Crippen MR) is 149 cm³/mol. The van der Waals surface area contributed by atoms with Crippen molar-refractivity contribution >= 4 is 33.1 Å². The summed E-state index contributed by atoms with van der Waals surface area (Å²) >= 11 is 6.05. The number of hydrogen-bond acceptors (Lipinski definition) is 5. The molecule has 0 unspecified atom stereocenters. The molecule has 1 aliphatic rings. The van der Waals surface area contributed by atoms with Crippen LogP contribution in [-0.2, 0) is 16.4 Å². The van der Waals surface area contributed by atoms with Crippen LogP contribution in [-0.4, -0.2) is 57.8 Å². The molecule has 0 saturated carbocycles. The quantitative estimate of drug-likeness (QED) is 0.314. The highest BCUT2D eigenvalue weighted by Gasteiger charge is 2.26. The molecule has 3 heterocycles. The summed E-state index contributed by atoms with van der Waals surface area (Å²) < 4.78 is 27.1. The lowest BCUT2D eigenvalue weighted by molar-refractivity contribution is 0.0770. The van der Waals surface area contributed by atoms with E-state index in [9.17, 15) is 18.0 Å². The predicted octanol–water partition coefficient (Wildman–Crippen LogP) is 4.54. The Hall–Kier alpha value is -3.43. The van der Waals surface area contributed by atoms with Gasteiger partial charge in [-0.1, -0.05) is 55.6 Å². The molecule has 5 rings (SSSR count). The zero-order chi connectivity index (χ0) is 26.9. The van der Waals surface area contributed by atoms with Gasteiger partial charge in [-0.25, -0.2) is 13.4 Å². The number of imidazole rings is 1. The number of halogens is 1. The van der Waals surface area contributed by atoms with Gasteiger partial charge in [0.15, 0.2) is 9.84 Å². The van der Waals surface area contributed by atoms with Crippen molar-refractivity contribution in [3.8, 4) is 22.5 Å². The summed E-state index contributed by atoms with van der Waals surface area (Å²) in [6.07, 6.45) is 4.79. The molecule has 0 spiro atoms. The number of aromatic nitrogens is 3. The Morgan fingerprint density at radius 3 is 2.29 bits per heavy atom. The Labute approximate surface area is 226 Å². The fourth-order valence-corrected chi connectivity index (χ4v) is 6.04. The SMILES string of the molecule is CCCCCn1c(-c2ccc(C(=O)N3CCS(=O)(=O)CC3)cc2)cc(=O)n2cc(-c3ccc(Cl)cc3)nc12. The molecular formula is C28H29ClN4O4S. The molecule has 1 fully saturated rings. The molecule has 0 aliphatic carbocycles. The van der Waals surface area contributed by atoms with Crippen LogP contribution in [0.4, 0.5) is 0 Å². The highest BCUT2D eigenvalue weighted by Crippen LogP contribution is 2.25. The minimum Gasteiger partial charge on any atom is -0.337 e. The normalized spacial score (nSPS) is 15.2. The van der Waals surface area contributed by atoms with Crippen molar-refractivity contribution in [2.75, 3.05) is 24.6 Å². The number of carbonyl (C=O) groups is 1. The third-order valence-electron chi connectivity index (χ3n) is 6.90. The summed E-state index contributed by atoms with van der Waals surface area (Å²) in [6, 6.07) is 16.1. The Bertz CT molecular complexity index is 1630. The molecule has 2 aromatic carbocycles. The maximum absolute atomic E-state index is 13.2. The molecule has 1 saturated heterocycles. The molecule has 2 aromatic heterocycles. The topological polar surface area (TPSA) is 93.8 Å². The second-order valence-corrected chi connectivity index (χ2v) is 12.3. The van der Waals surface area contributed by atoms with Crippen molar-refractivity contribution in [3.05, 3.63) is 81.7 Å². The number of sulfone groups is 1. The van der Waals surface area contributed by atoms with Crippen LogP contribution < -0.4 is 5.56 Å². The third-order valence-corrected chi connectivity index (χ3v) is 8.76. The van der Waals surface area contributed by atoms with E-state index in [1.807, 2.05) is 24.3 Å². The number of benzene rings is 2. The monoisotopic (exact) mass is 552 g/mol. The molecule has 1 amide bonds. The van der Waals surface area contributed by atoms with Gasteiger partial charge in [0.2, 0.25) is 5.78 Å². The maximum atomic E-state index is 13.2. The lowest BCUT2D eigenvalue weighted by atomic mass is 10.1. The van der Waals surface area contributed by atoms with Crippen molar-refractivity contribution in [1.29, 1.82) is 0 Å². The summed E-state index contributed by atoms with van der Waals surface area (Å²) in [4.78, 5) is 32.5. The van der Waals surface area contributed by atoms with Gasteiger partial charge in [-0.05, 0) is 36.2 Å². The zero-order valence-corrected chi connectivity index (χ0v) is 22.7. The molecular weight excluding hydrogens is 524 g/mol. The van der Waals surface area contributed by atoms with Crippen LogP contribution in [0.5, 0.6) is 0 Å². The van der Waals surface area contributed by atoms with E-state index in [0.29, 0.717) is 28.6 Å². The highest BCUT2D eigenvalue weighted by molar-refractivity contribution is 7.91. The van der Waals surface area contributed by atoms with E-state index in [0.717, 1.165) is 36.1 Å². The van der Waals surface area contributed by atoms with E-state index in [2.05, 4.69) is 11.5 Å². The van der Waals surface area contributed by atoms with Crippen LogP contribution in [0.1, 0.15) is 36.5 Å². The largest absolute Gasteiger partial charge is 0.337 e. The van der Waals surface area contributed by atoms with E-state index in [1.54, 1.807) is 45.8 Å². The maximum Gasteiger partial charge on any atom is 0.259 e. The average molecular weight is 553 g/mol. The lowest BCUT2D eigenvalue weighted by Crippen LogP contribution is -2.43. The van der Waals surface area contributed by atoms with Crippen molar-refractivity contribution in [3.63, 3.8) is 0 Å². The van der Waals surface area contributed by atoms with Crippen molar-refractivity contribution in [1.82, 2.24) is 18.9 Å². The highest BCUT2D eigenvalue weighted by atomic mass is 35.5. The van der Waals surface area contributed by atoms with Gasteiger partial charge in [0.1, 0.15) is 0 Å². The Kier molecular flexibility index (Phi) is 7.40. The van der Waals surface area contributed by atoms with Gasteiger partial charge in [-0.15, -0.1) is 0 Å². The van der Waals surface area contributed by atoms with E-state index >= 15 is 0 Å². The van der Waals surface area contributed by atoms with Crippen LogP contribution in [0.3, 0.4) is 0 Å². The molecule has 198 valence electrons. The van der Waals surface area contributed by atoms with Gasteiger partial charge in [0, 0.05) is 48.0 Å². The summed E-state index contributed by atoms with van der Waals surface area (Å²) in [6.45, 7) is 3.23. The first-order chi connectivity index (χ1) is 18.3. The van der Waals surface area contributed by atoms with Crippen molar-refractivity contribution in [2.24, 2.45) is 0 Å². The van der Waals surface area contributed by atoms with Crippen LogP contribution in [0.2, 0.25) is 5.02 Å². The first-order valence-electron chi connectivity index (χ1n) is 12.7. The number of carbonyl (C=O) groups excluding carboxylic acids is 1. The molecule has 0 N–H and O–H groups in total. The molecule has 4 aromatic rings. The number of aryl methyl sites for hydroxylation is 1. The van der Waals surface area contributed by atoms with Gasteiger partial charge in [-0.2, -0.15) is 0 Å². The molecule has 0 atom stereocenters. The number of hydrogen-bond donors (Lipinski definition) is 0. The van der Waals surface area contributed by atoms with Gasteiger partial charge in [-0.3, -0.25) is 14.0 Å². The summed E-state index contributed by atoms with van der Waals surface area (Å²) in [5.74, 6) is 0.346. The Balaban J connectivity index is 1.51. The molecule has 38 heavy (non-hydrogen) atoms. The first kappa shape index (κ1) is 26.2. The van der Waals surface area contributed by atoms with E-state index in [-0.39, 0.29) is 36.1 Å². The summed E-state index contributed by atoms with van der Waals surface area (Å²) in [5, 5.41) is 0.631. The fraction of sp³-hybridized carbons (Fsp3) is 0.321. The summed E-state index contributed by atoms with van der Waals surface area (Å²) in [5.41, 5.74) is 3.38. The van der Waals surface area contributed by atoms with Crippen molar-refractivity contribution in [2.45, 2.75) is 32.7 Å². The van der Waals surface area contributed by atoms with Crippen LogP contribution >= 0.6 is 11.6 Å². The molecule has 1 aliphatic heterocycles. The Morgan fingerprint density at radius 1 is 0.974 bits per heavy atom. The van der Waals surface area contributed by atoms with Gasteiger partial charge in [0.05, 0.1) is 22.9 Å². The molecule has 10 heteroatoms. The average Bonchev–Trinajstić information content (AvgIpc) is 3.36. The van der Waals surface area contributed by atoms with Crippen LogP contribution in [0.15, 0.2) is 65.6 Å². The number of unbranched alkanes of at least 4 members (excludes halogenated alkanes) is 2. The minimum absolute atomic E-state index is 0.0107. The van der Waals surface area contributed by atoms with Gasteiger partial charge >= 0.3 is 0 Å². The fourth-order valence-electron chi connectivity index (χ4n) is 4.72. The van der Waals surface area contributed by atoms with Gasteiger partial charge < -0.3 is 9.47 Å². The molecule has 0 radical (unpaired) electrons.